The lowest BCUT2D eigenvalue weighted by molar-refractivity contribution is 0.415. The molecule has 1 aromatic heterocycles. The van der Waals surface area contributed by atoms with Crippen LogP contribution in [0, 0.1) is 23.7 Å². The Kier molecular flexibility index (Phi) is 5.05. The average Bonchev–Trinajstić information content (AvgIpc) is 2.77. The molecule has 0 radical (unpaired) electrons. The van der Waals surface area contributed by atoms with E-state index < -0.39 is 0 Å². The lowest BCUT2D eigenvalue weighted by Gasteiger charge is -2.06. The third-order valence-corrected chi connectivity index (χ3v) is 4.40. The fraction of sp³-hybridized carbons (Fsp3) is 0.0385. The van der Waals surface area contributed by atoms with Crippen LogP contribution >= 0.6 is 0 Å². The van der Waals surface area contributed by atoms with Crippen molar-refractivity contribution in [3.05, 3.63) is 96.2 Å². The van der Waals surface area contributed by atoms with Crippen LogP contribution in [-0.2, 0) is 0 Å². The van der Waals surface area contributed by atoms with Crippen molar-refractivity contribution in [2.45, 2.75) is 0 Å². The van der Waals surface area contributed by atoms with Gasteiger partial charge in [0.2, 0.25) is 0 Å². The molecule has 0 saturated heterocycles. The highest BCUT2D eigenvalue weighted by Gasteiger charge is 2.04. The minimum Gasteiger partial charge on any atom is -0.497 e. The van der Waals surface area contributed by atoms with Crippen LogP contribution in [0.4, 0.5) is 0 Å². The molecule has 0 aliphatic heterocycles. The maximum absolute atomic E-state index is 5.15. The summed E-state index contributed by atoms with van der Waals surface area (Å²) >= 11 is 0. The third kappa shape index (κ3) is 3.88. The number of nitrogens with zero attached hydrogens (tertiary/aromatic N) is 1. The van der Waals surface area contributed by atoms with E-state index in [1.165, 1.54) is 0 Å². The highest BCUT2D eigenvalue weighted by atomic mass is 16.5. The van der Waals surface area contributed by atoms with Crippen LogP contribution in [0.5, 0.6) is 5.75 Å². The monoisotopic (exact) mass is 359 g/mol. The second-order valence-electron chi connectivity index (χ2n) is 6.18. The predicted octanol–water partition coefficient (Wildman–Crippen LogP) is 5.31. The van der Waals surface area contributed by atoms with Gasteiger partial charge in [-0.25, -0.2) is 0 Å². The maximum Gasteiger partial charge on any atom is 0.118 e. The Hall–Kier alpha value is -4.01. The Morgan fingerprint density at radius 3 is 2.46 bits per heavy atom. The molecule has 4 aromatic rings. The van der Waals surface area contributed by atoms with Gasteiger partial charge in [0.1, 0.15) is 5.75 Å². The summed E-state index contributed by atoms with van der Waals surface area (Å²) in [4.78, 5) is 4.38. The second-order valence-corrected chi connectivity index (χ2v) is 6.18. The fourth-order valence-electron chi connectivity index (χ4n) is 2.96. The first-order chi connectivity index (χ1) is 13.8. The number of methoxy groups -OCH3 is 1. The zero-order chi connectivity index (χ0) is 19.2. The summed E-state index contributed by atoms with van der Waals surface area (Å²) < 4.78 is 5.15. The molecule has 2 nitrogen and oxygen atoms in total. The van der Waals surface area contributed by atoms with Crippen LogP contribution in [0.15, 0.2) is 85.1 Å². The molecule has 0 bridgehead atoms. The molecule has 0 spiro atoms. The van der Waals surface area contributed by atoms with Gasteiger partial charge in [-0.2, -0.15) is 0 Å². The zero-order valence-corrected chi connectivity index (χ0v) is 15.4. The molecular formula is C26H17NO. The summed E-state index contributed by atoms with van der Waals surface area (Å²) in [5, 5.41) is 1.11. The molecule has 132 valence electrons. The van der Waals surface area contributed by atoms with Crippen molar-refractivity contribution in [2.24, 2.45) is 0 Å². The lowest BCUT2D eigenvalue weighted by atomic mass is 9.98. The molecular weight excluding hydrogens is 342 g/mol. The lowest BCUT2D eigenvalue weighted by Crippen LogP contribution is -1.85. The first-order valence-corrected chi connectivity index (χ1v) is 8.94. The van der Waals surface area contributed by atoms with Gasteiger partial charge in [-0.3, -0.25) is 4.98 Å². The number of hydrogen-bond acceptors (Lipinski definition) is 2. The SMILES string of the molecule is COc1ccc(C#CC#Cc2ccccc2-c2ccc3ncccc3c2)cc1. The summed E-state index contributed by atoms with van der Waals surface area (Å²) in [7, 11) is 1.65. The van der Waals surface area contributed by atoms with E-state index in [4.69, 9.17) is 4.74 Å². The highest BCUT2D eigenvalue weighted by molar-refractivity contribution is 5.85. The van der Waals surface area contributed by atoms with Crippen molar-refractivity contribution in [3.63, 3.8) is 0 Å². The Labute approximate surface area is 164 Å². The predicted molar refractivity (Wildman–Crippen MR) is 114 cm³/mol. The number of benzene rings is 3. The average molecular weight is 359 g/mol. The van der Waals surface area contributed by atoms with Crippen molar-refractivity contribution in [1.29, 1.82) is 0 Å². The van der Waals surface area contributed by atoms with Crippen molar-refractivity contribution in [1.82, 2.24) is 4.98 Å². The summed E-state index contributed by atoms with van der Waals surface area (Å²) in [5.74, 6) is 13.0. The van der Waals surface area contributed by atoms with Crippen molar-refractivity contribution < 1.29 is 4.74 Å². The molecule has 0 unspecified atom stereocenters. The van der Waals surface area contributed by atoms with Gasteiger partial charge in [-0.15, -0.1) is 0 Å². The molecule has 4 rings (SSSR count). The van der Waals surface area contributed by atoms with Gasteiger partial charge in [0, 0.05) is 22.7 Å². The topological polar surface area (TPSA) is 22.1 Å². The molecule has 0 fully saturated rings. The zero-order valence-electron chi connectivity index (χ0n) is 15.4. The molecule has 0 aliphatic rings. The normalized spacial score (nSPS) is 9.75. The first-order valence-electron chi connectivity index (χ1n) is 8.94. The molecule has 0 N–H and O–H groups in total. The van der Waals surface area contributed by atoms with E-state index in [0.29, 0.717) is 0 Å². The highest BCUT2D eigenvalue weighted by Crippen LogP contribution is 2.26. The number of aromatic nitrogens is 1. The largest absolute Gasteiger partial charge is 0.497 e. The molecule has 0 atom stereocenters. The van der Waals surface area contributed by atoms with Crippen molar-refractivity contribution in [2.75, 3.05) is 7.11 Å². The van der Waals surface area contributed by atoms with Crippen LogP contribution in [0.25, 0.3) is 22.0 Å². The van der Waals surface area contributed by atoms with E-state index in [-0.39, 0.29) is 0 Å². The van der Waals surface area contributed by atoms with E-state index in [2.05, 4.69) is 52.9 Å². The minimum absolute atomic E-state index is 0.816. The molecule has 2 heteroatoms. The Balaban J connectivity index is 1.63. The standard InChI is InChI=1S/C26H17NO/c1-28-24-15-12-20(13-16-24)7-2-3-8-21-9-4-5-11-25(21)22-14-17-26-23(19-22)10-6-18-27-26/h4-6,9-19H,1H3. The van der Waals surface area contributed by atoms with Gasteiger partial charge < -0.3 is 4.74 Å². The van der Waals surface area contributed by atoms with Crippen molar-refractivity contribution in [3.8, 4) is 40.6 Å². The molecule has 3 aromatic carbocycles. The van der Waals surface area contributed by atoms with Crippen LogP contribution < -0.4 is 4.74 Å². The fourth-order valence-corrected chi connectivity index (χ4v) is 2.96. The van der Waals surface area contributed by atoms with Gasteiger partial charge in [0.05, 0.1) is 12.6 Å². The summed E-state index contributed by atoms with van der Waals surface area (Å²) in [6, 6.07) is 26.0. The summed E-state index contributed by atoms with van der Waals surface area (Å²) in [5.41, 5.74) is 5.06. The van der Waals surface area contributed by atoms with E-state index in [1.807, 2.05) is 60.8 Å². The van der Waals surface area contributed by atoms with Crippen molar-refractivity contribution >= 4 is 10.9 Å². The van der Waals surface area contributed by atoms with Crippen LogP contribution in [0.1, 0.15) is 11.1 Å². The van der Waals surface area contributed by atoms with E-state index in [0.717, 1.165) is 38.9 Å². The van der Waals surface area contributed by atoms with E-state index in [1.54, 1.807) is 7.11 Å². The van der Waals surface area contributed by atoms with Gasteiger partial charge in [-0.1, -0.05) is 42.2 Å². The summed E-state index contributed by atoms with van der Waals surface area (Å²) in [6.45, 7) is 0. The second kappa shape index (κ2) is 8.12. The van der Waals surface area contributed by atoms with Crippen LogP contribution in [-0.4, -0.2) is 12.1 Å². The summed E-state index contributed by atoms with van der Waals surface area (Å²) in [6.07, 6.45) is 1.81. The molecule has 1 heterocycles. The number of ether oxygens (including phenoxy) is 1. The molecule has 0 amide bonds. The molecule has 28 heavy (non-hydrogen) atoms. The maximum atomic E-state index is 5.15. The minimum atomic E-state index is 0.816. The quantitative estimate of drug-likeness (QED) is 0.452. The smallest absolute Gasteiger partial charge is 0.118 e. The number of hydrogen-bond donors (Lipinski definition) is 0. The third-order valence-electron chi connectivity index (χ3n) is 4.40. The number of pyridine rings is 1. The number of fused-ring (bicyclic) bond motifs is 1. The Bertz CT molecular complexity index is 1250. The first kappa shape index (κ1) is 17.4. The number of rotatable bonds is 2. The van der Waals surface area contributed by atoms with Gasteiger partial charge in [-0.05, 0) is 71.5 Å². The molecule has 0 saturated carbocycles. The van der Waals surface area contributed by atoms with Gasteiger partial charge in [0.15, 0.2) is 0 Å². The van der Waals surface area contributed by atoms with E-state index in [9.17, 15) is 0 Å². The van der Waals surface area contributed by atoms with Crippen LogP contribution in [0.2, 0.25) is 0 Å². The Morgan fingerprint density at radius 2 is 1.61 bits per heavy atom. The van der Waals surface area contributed by atoms with Gasteiger partial charge in [0.25, 0.3) is 0 Å². The van der Waals surface area contributed by atoms with E-state index >= 15 is 0 Å². The Morgan fingerprint density at radius 1 is 0.786 bits per heavy atom. The van der Waals surface area contributed by atoms with Gasteiger partial charge >= 0.3 is 0 Å². The van der Waals surface area contributed by atoms with Crippen LogP contribution in [0.3, 0.4) is 0 Å². The molecule has 0 aliphatic carbocycles.